The summed E-state index contributed by atoms with van der Waals surface area (Å²) in [6, 6.07) is 72.6. The monoisotopic (exact) mass is 747 g/mol. The molecule has 0 spiro atoms. The lowest BCUT2D eigenvalue weighted by Gasteiger charge is -2.18. The Hall–Kier alpha value is -6.65. The van der Waals surface area contributed by atoms with Crippen molar-refractivity contribution >= 4 is 63.0 Å². The van der Waals surface area contributed by atoms with Crippen LogP contribution in [0.4, 0.5) is 0 Å². The SMILES string of the molecule is c1ccc(-c2nc(-c3ccccc3)c(-c3cccc(-c4cccc5c4sc4ccccc45)c3)cc2-c2cccc(-c3cccc4c3sc3ccccc34)c2)cc1. The van der Waals surface area contributed by atoms with Crippen molar-refractivity contribution in [3.63, 3.8) is 0 Å². The number of hydrogen-bond donors (Lipinski definition) is 0. The van der Waals surface area contributed by atoms with Crippen molar-refractivity contribution < 1.29 is 0 Å². The van der Waals surface area contributed by atoms with Crippen LogP contribution in [0.25, 0.3) is 107 Å². The minimum atomic E-state index is 0.969. The Morgan fingerprint density at radius 1 is 0.268 bits per heavy atom. The molecule has 0 aliphatic rings. The summed E-state index contributed by atoms with van der Waals surface area (Å²) in [5.41, 5.74) is 13.5. The molecule has 0 aliphatic heterocycles. The Morgan fingerprint density at radius 3 is 1.09 bits per heavy atom. The van der Waals surface area contributed by atoms with Gasteiger partial charge in [-0.1, -0.05) is 170 Å². The topological polar surface area (TPSA) is 12.9 Å². The van der Waals surface area contributed by atoms with Crippen LogP contribution in [0.1, 0.15) is 0 Å². The molecule has 0 amide bonds. The summed E-state index contributed by atoms with van der Waals surface area (Å²) in [7, 11) is 0. The summed E-state index contributed by atoms with van der Waals surface area (Å²) < 4.78 is 5.26. The van der Waals surface area contributed by atoms with E-state index in [9.17, 15) is 0 Å². The Balaban J connectivity index is 1.13. The maximum Gasteiger partial charge on any atom is 0.0788 e. The van der Waals surface area contributed by atoms with Gasteiger partial charge in [0.2, 0.25) is 0 Å². The lowest BCUT2D eigenvalue weighted by molar-refractivity contribution is 1.32. The number of aromatic nitrogens is 1. The molecule has 0 fully saturated rings. The maximum atomic E-state index is 5.63. The van der Waals surface area contributed by atoms with Gasteiger partial charge in [0.15, 0.2) is 0 Å². The molecule has 8 aromatic carbocycles. The normalized spacial score (nSPS) is 11.6. The molecule has 11 aromatic rings. The van der Waals surface area contributed by atoms with E-state index in [0.717, 1.165) is 44.8 Å². The molecule has 0 atom stereocenters. The van der Waals surface area contributed by atoms with Crippen LogP contribution in [0.3, 0.4) is 0 Å². The van der Waals surface area contributed by atoms with E-state index < -0.39 is 0 Å². The summed E-state index contributed by atoms with van der Waals surface area (Å²) in [6.07, 6.45) is 0. The van der Waals surface area contributed by atoms with Crippen LogP contribution < -0.4 is 0 Å². The first-order valence-electron chi connectivity index (χ1n) is 18.9. The first kappa shape index (κ1) is 32.8. The zero-order chi connectivity index (χ0) is 37.0. The maximum absolute atomic E-state index is 5.63. The molecule has 0 unspecified atom stereocenters. The van der Waals surface area contributed by atoms with Gasteiger partial charge in [0.1, 0.15) is 0 Å². The Bertz CT molecular complexity index is 3030. The number of benzene rings is 8. The number of thiophene rings is 2. The van der Waals surface area contributed by atoms with Crippen LogP contribution in [-0.4, -0.2) is 4.98 Å². The van der Waals surface area contributed by atoms with E-state index >= 15 is 0 Å². The molecule has 1 nitrogen and oxygen atoms in total. The first-order valence-corrected chi connectivity index (χ1v) is 20.6. The van der Waals surface area contributed by atoms with Gasteiger partial charge < -0.3 is 0 Å². The third-order valence-corrected chi connectivity index (χ3v) is 13.3. The minimum Gasteiger partial charge on any atom is -0.246 e. The molecule has 0 bridgehead atoms. The zero-order valence-corrected chi connectivity index (χ0v) is 31.9. The highest BCUT2D eigenvalue weighted by Crippen LogP contribution is 2.45. The number of pyridine rings is 1. The van der Waals surface area contributed by atoms with Gasteiger partial charge in [-0.25, -0.2) is 4.98 Å². The van der Waals surface area contributed by atoms with E-state index in [4.69, 9.17) is 4.98 Å². The Morgan fingerprint density at radius 2 is 0.625 bits per heavy atom. The Kier molecular flexibility index (Phi) is 7.94. The van der Waals surface area contributed by atoms with Gasteiger partial charge in [-0.2, -0.15) is 0 Å². The largest absolute Gasteiger partial charge is 0.246 e. The quantitative estimate of drug-likeness (QED) is 0.165. The molecule has 3 heteroatoms. The van der Waals surface area contributed by atoms with Crippen molar-refractivity contribution in [1.82, 2.24) is 4.98 Å². The van der Waals surface area contributed by atoms with E-state index in [-0.39, 0.29) is 0 Å². The van der Waals surface area contributed by atoms with E-state index in [1.54, 1.807) is 0 Å². The molecular formula is C53H33NS2. The first-order chi connectivity index (χ1) is 27.8. The molecule has 3 heterocycles. The van der Waals surface area contributed by atoms with Gasteiger partial charge in [-0.15, -0.1) is 22.7 Å². The highest BCUT2D eigenvalue weighted by atomic mass is 32.1. The Labute approximate surface area is 333 Å². The number of hydrogen-bond acceptors (Lipinski definition) is 3. The van der Waals surface area contributed by atoms with Gasteiger partial charge in [0.05, 0.1) is 11.4 Å². The highest BCUT2D eigenvalue weighted by Gasteiger charge is 2.20. The van der Waals surface area contributed by atoms with Gasteiger partial charge >= 0.3 is 0 Å². The predicted molar refractivity (Wildman–Crippen MR) is 243 cm³/mol. The van der Waals surface area contributed by atoms with Crippen LogP contribution in [0.15, 0.2) is 200 Å². The van der Waals surface area contributed by atoms with Crippen molar-refractivity contribution in [3.05, 3.63) is 200 Å². The number of rotatable bonds is 6. The highest BCUT2D eigenvalue weighted by molar-refractivity contribution is 7.26. The van der Waals surface area contributed by atoms with Gasteiger partial charge in [-0.05, 0) is 63.7 Å². The summed E-state index contributed by atoms with van der Waals surface area (Å²) in [5, 5.41) is 5.24. The lowest BCUT2D eigenvalue weighted by atomic mass is 9.90. The van der Waals surface area contributed by atoms with Crippen molar-refractivity contribution in [3.8, 4) is 67.0 Å². The summed E-state index contributed by atoms with van der Waals surface area (Å²) in [6.45, 7) is 0. The molecule has 0 saturated carbocycles. The molecule has 0 radical (unpaired) electrons. The molecule has 56 heavy (non-hydrogen) atoms. The number of nitrogens with zero attached hydrogens (tertiary/aromatic N) is 1. The summed E-state index contributed by atoms with van der Waals surface area (Å²) in [4.78, 5) is 5.63. The minimum absolute atomic E-state index is 0.969. The van der Waals surface area contributed by atoms with Crippen LogP contribution >= 0.6 is 22.7 Å². The lowest BCUT2D eigenvalue weighted by Crippen LogP contribution is -1.97. The molecule has 0 saturated heterocycles. The average molecular weight is 748 g/mol. The second-order valence-electron chi connectivity index (χ2n) is 14.2. The third-order valence-electron chi connectivity index (χ3n) is 10.9. The van der Waals surface area contributed by atoms with E-state index in [1.165, 1.54) is 62.6 Å². The summed E-state index contributed by atoms with van der Waals surface area (Å²) in [5.74, 6) is 0. The molecule has 11 rings (SSSR count). The van der Waals surface area contributed by atoms with Crippen molar-refractivity contribution in [2.45, 2.75) is 0 Å². The standard InChI is InChI=1S/C53H33NS2/c1-3-15-34(16-4-1)50-46(38-21-11-19-36(31-38)40-25-13-27-44-42-23-7-9-29-48(42)55-52(40)44)33-47(51(54-50)35-17-5-2-6-18-35)39-22-12-20-37(32-39)41-26-14-28-45-43-24-8-10-30-49(43)56-53(41)45/h1-33H. The van der Waals surface area contributed by atoms with Crippen LogP contribution in [0.5, 0.6) is 0 Å². The molecular weight excluding hydrogens is 715 g/mol. The van der Waals surface area contributed by atoms with E-state index in [2.05, 4.69) is 200 Å². The number of fused-ring (bicyclic) bond motifs is 6. The summed E-state index contributed by atoms with van der Waals surface area (Å²) >= 11 is 3.75. The zero-order valence-electron chi connectivity index (χ0n) is 30.3. The van der Waals surface area contributed by atoms with Crippen LogP contribution in [0.2, 0.25) is 0 Å². The molecule has 262 valence electrons. The third kappa shape index (κ3) is 5.55. The van der Waals surface area contributed by atoms with Crippen molar-refractivity contribution in [2.24, 2.45) is 0 Å². The fourth-order valence-electron chi connectivity index (χ4n) is 8.24. The second kappa shape index (κ2) is 13.6. The molecule has 3 aromatic heterocycles. The van der Waals surface area contributed by atoms with Crippen LogP contribution in [-0.2, 0) is 0 Å². The second-order valence-corrected chi connectivity index (χ2v) is 16.3. The molecule has 0 aliphatic carbocycles. The van der Waals surface area contributed by atoms with Gasteiger partial charge in [0, 0.05) is 62.6 Å². The smallest absolute Gasteiger partial charge is 0.0788 e. The van der Waals surface area contributed by atoms with E-state index in [1.807, 2.05) is 22.7 Å². The van der Waals surface area contributed by atoms with E-state index in [0.29, 0.717) is 0 Å². The van der Waals surface area contributed by atoms with Gasteiger partial charge in [-0.3, -0.25) is 0 Å². The van der Waals surface area contributed by atoms with Crippen LogP contribution in [0, 0.1) is 0 Å². The predicted octanol–water partition coefficient (Wildman–Crippen LogP) is 15.8. The van der Waals surface area contributed by atoms with Crippen molar-refractivity contribution in [2.75, 3.05) is 0 Å². The fourth-order valence-corrected chi connectivity index (χ4v) is 10.7. The van der Waals surface area contributed by atoms with Crippen molar-refractivity contribution in [1.29, 1.82) is 0 Å². The average Bonchev–Trinajstić information content (AvgIpc) is 3.85. The molecule has 0 N–H and O–H groups in total. The van der Waals surface area contributed by atoms with Gasteiger partial charge in [0.25, 0.3) is 0 Å². The fraction of sp³-hybridized carbons (Fsp3) is 0.